The summed E-state index contributed by atoms with van der Waals surface area (Å²) in [4.78, 5) is 0. The zero-order valence-electron chi connectivity index (χ0n) is 10.4. The van der Waals surface area contributed by atoms with Gasteiger partial charge in [-0.3, -0.25) is 0 Å². The fourth-order valence-electron chi connectivity index (χ4n) is 2.71. The second kappa shape index (κ2) is 6.05. The molecule has 0 unspecified atom stereocenters. The maximum absolute atomic E-state index is 8.87. The lowest BCUT2D eigenvalue weighted by Gasteiger charge is -2.20. The number of aryl methyl sites for hydroxylation is 1. The predicted octanol–water partition coefficient (Wildman–Crippen LogP) is 1.97. The van der Waals surface area contributed by atoms with E-state index >= 15 is 0 Å². The van der Waals surface area contributed by atoms with Gasteiger partial charge in [-0.25, -0.2) is 4.68 Å². The van der Waals surface area contributed by atoms with Gasteiger partial charge >= 0.3 is 0 Å². The molecule has 0 radical (unpaired) electrons. The van der Waals surface area contributed by atoms with Gasteiger partial charge in [-0.1, -0.05) is 32.1 Å². The summed E-state index contributed by atoms with van der Waals surface area (Å²) in [5, 5.41) is 13.3. The molecule has 0 aliphatic heterocycles. The summed E-state index contributed by atoms with van der Waals surface area (Å²) < 4.78 is 1.69. The van der Waals surface area contributed by atoms with Crippen molar-refractivity contribution in [3.63, 3.8) is 0 Å². The van der Waals surface area contributed by atoms with Crippen LogP contribution in [0.4, 0.5) is 5.82 Å². The topological polar surface area (TPSA) is 64.1 Å². The van der Waals surface area contributed by atoms with E-state index in [-0.39, 0.29) is 6.61 Å². The van der Waals surface area contributed by atoms with Crippen LogP contribution in [-0.4, -0.2) is 21.5 Å². The Hall–Kier alpha value is -1.03. The standard InChI is InChI=1S/C13H23N3O/c14-13-10-12(15-16(13)8-9-17)7-6-11-4-2-1-3-5-11/h10-11,17H,1-9,14H2. The van der Waals surface area contributed by atoms with Gasteiger partial charge in [0.1, 0.15) is 5.82 Å². The molecule has 1 saturated carbocycles. The van der Waals surface area contributed by atoms with Crippen molar-refractivity contribution in [3.05, 3.63) is 11.8 Å². The van der Waals surface area contributed by atoms with Crippen LogP contribution in [0.25, 0.3) is 0 Å². The second-order valence-corrected chi connectivity index (χ2v) is 5.05. The first-order valence-electron chi connectivity index (χ1n) is 6.72. The molecule has 1 aromatic heterocycles. The molecule has 0 saturated heterocycles. The molecule has 0 aromatic carbocycles. The van der Waals surface area contributed by atoms with Crippen LogP contribution in [0.3, 0.4) is 0 Å². The highest BCUT2D eigenvalue weighted by molar-refractivity contribution is 5.30. The molecule has 1 heterocycles. The van der Waals surface area contributed by atoms with Crippen molar-refractivity contribution in [2.75, 3.05) is 12.3 Å². The van der Waals surface area contributed by atoms with Crippen LogP contribution in [-0.2, 0) is 13.0 Å². The van der Waals surface area contributed by atoms with E-state index in [0.717, 1.165) is 18.0 Å². The van der Waals surface area contributed by atoms with Crippen LogP contribution in [0.5, 0.6) is 0 Å². The number of hydrogen-bond acceptors (Lipinski definition) is 3. The molecule has 0 spiro atoms. The van der Waals surface area contributed by atoms with Crippen LogP contribution in [0.2, 0.25) is 0 Å². The third kappa shape index (κ3) is 3.46. The van der Waals surface area contributed by atoms with Crippen molar-refractivity contribution in [3.8, 4) is 0 Å². The number of aliphatic hydroxyl groups is 1. The van der Waals surface area contributed by atoms with E-state index < -0.39 is 0 Å². The van der Waals surface area contributed by atoms with Gasteiger partial charge < -0.3 is 10.8 Å². The molecule has 1 fully saturated rings. The van der Waals surface area contributed by atoms with Crippen molar-refractivity contribution in [1.29, 1.82) is 0 Å². The lowest BCUT2D eigenvalue weighted by molar-refractivity contribution is 0.270. The molecule has 2 rings (SSSR count). The molecule has 0 bridgehead atoms. The van der Waals surface area contributed by atoms with Crippen molar-refractivity contribution in [1.82, 2.24) is 9.78 Å². The number of nitrogens with zero attached hydrogens (tertiary/aromatic N) is 2. The molecular formula is C13H23N3O. The molecule has 1 aliphatic carbocycles. The summed E-state index contributed by atoms with van der Waals surface area (Å²) in [5.74, 6) is 1.55. The minimum Gasteiger partial charge on any atom is -0.394 e. The molecule has 0 atom stereocenters. The summed E-state index contributed by atoms with van der Waals surface area (Å²) in [6.07, 6.45) is 9.22. The van der Waals surface area contributed by atoms with Crippen molar-refractivity contribution >= 4 is 5.82 Å². The number of aliphatic hydroxyl groups excluding tert-OH is 1. The first kappa shape index (κ1) is 12.4. The van der Waals surface area contributed by atoms with Gasteiger partial charge in [-0.15, -0.1) is 0 Å². The average Bonchev–Trinajstić information content (AvgIpc) is 2.70. The Morgan fingerprint density at radius 1 is 1.35 bits per heavy atom. The fraction of sp³-hybridized carbons (Fsp3) is 0.769. The normalized spacial score (nSPS) is 17.5. The predicted molar refractivity (Wildman–Crippen MR) is 68.6 cm³/mol. The van der Waals surface area contributed by atoms with E-state index in [2.05, 4.69) is 5.10 Å². The van der Waals surface area contributed by atoms with Gasteiger partial charge in [0, 0.05) is 6.07 Å². The number of nitrogen functional groups attached to an aromatic ring is 1. The second-order valence-electron chi connectivity index (χ2n) is 5.05. The molecule has 1 aromatic rings. The molecule has 4 heteroatoms. The summed E-state index contributed by atoms with van der Waals surface area (Å²) in [6, 6.07) is 1.94. The van der Waals surface area contributed by atoms with Crippen molar-refractivity contribution < 1.29 is 5.11 Å². The van der Waals surface area contributed by atoms with Gasteiger partial charge in [0.2, 0.25) is 0 Å². The minimum absolute atomic E-state index is 0.0912. The van der Waals surface area contributed by atoms with Crippen molar-refractivity contribution in [2.24, 2.45) is 5.92 Å². The fourth-order valence-corrected chi connectivity index (χ4v) is 2.71. The molecule has 3 N–H and O–H groups in total. The zero-order valence-corrected chi connectivity index (χ0v) is 10.4. The lowest BCUT2D eigenvalue weighted by atomic mass is 9.86. The summed E-state index contributed by atoms with van der Waals surface area (Å²) in [6.45, 7) is 0.587. The summed E-state index contributed by atoms with van der Waals surface area (Å²) >= 11 is 0. The van der Waals surface area contributed by atoms with Crippen LogP contribution in [0, 0.1) is 5.92 Å². The number of anilines is 1. The van der Waals surface area contributed by atoms with Crippen LogP contribution < -0.4 is 5.73 Å². The first-order valence-corrected chi connectivity index (χ1v) is 6.72. The van der Waals surface area contributed by atoms with Crippen LogP contribution in [0.1, 0.15) is 44.2 Å². The number of rotatable bonds is 5. The number of nitrogens with two attached hydrogens (primary N) is 1. The molecule has 0 amide bonds. The van der Waals surface area contributed by atoms with E-state index in [4.69, 9.17) is 10.8 Å². The zero-order chi connectivity index (χ0) is 12.1. The molecule has 17 heavy (non-hydrogen) atoms. The smallest absolute Gasteiger partial charge is 0.122 e. The van der Waals surface area contributed by atoms with Crippen molar-refractivity contribution in [2.45, 2.75) is 51.5 Å². The molecule has 1 aliphatic rings. The van der Waals surface area contributed by atoms with Gasteiger partial charge in [0.15, 0.2) is 0 Å². The minimum atomic E-state index is 0.0912. The Morgan fingerprint density at radius 2 is 2.12 bits per heavy atom. The third-order valence-electron chi connectivity index (χ3n) is 3.71. The lowest BCUT2D eigenvalue weighted by Crippen LogP contribution is -2.09. The van der Waals surface area contributed by atoms with Gasteiger partial charge in [0.05, 0.1) is 18.8 Å². The van der Waals surface area contributed by atoms with E-state index in [9.17, 15) is 0 Å². The van der Waals surface area contributed by atoms with Crippen LogP contribution in [0.15, 0.2) is 6.07 Å². The molecular weight excluding hydrogens is 214 g/mol. The highest BCUT2D eigenvalue weighted by Gasteiger charge is 2.14. The van der Waals surface area contributed by atoms with E-state index in [0.29, 0.717) is 12.4 Å². The monoisotopic (exact) mass is 237 g/mol. The van der Waals surface area contributed by atoms with E-state index in [1.807, 2.05) is 6.07 Å². The Balaban J connectivity index is 1.83. The SMILES string of the molecule is Nc1cc(CCC2CCCCC2)nn1CCO. The van der Waals surface area contributed by atoms with Gasteiger partial charge in [0.25, 0.3) is 0 Å². The molecule has 4 nitrogen and oxygen atoms in total. The molecule has 96 valence electrons. The maximum Gasteiger partial charge on any atom is 0.122 e. The number of hydrogen-bond donors (Lipinski definition) is 2. The maximum atomic E-state index is 8.87. The van der Waals surface area contributed by atoms with E-state index in [1.54, 1.807) is 4.68 Å². The van der Waals surface area contributed by atoms with Gasteiger partial charge in [-0.2, -0.15) is 5.10 Å². The Bertz CT molecular complexity index is 342. The Kier molecular flexibility index (Phi) is 4.42. The Morgan fingerprint density at radius 3 is 2.82 bits per heavy atom. The third-order valence-corrected chi connectivity index (χ3v) is 3.71. The van der Waals surface area contributed by atoms with E-state index in [1.165, 1.54) is 38.5 Å². The summed E-state index contributed by atoms with van der Waals surface area (Å²) in [7, 11) is 0. The average molecular weight is 237 g/mol. The highest BCUT2D eigenvalue weighted by Crippen LogP contribution is 2.27. The quantitative estimate of drug-likeness (QED) is 0.823. The number of aromatic nitrogens is 2. The van der Waals surface area contributed by atoms with Gasteiger partial charge in [-0.05, 0) is 18.8 Å². The first-order chi connectivity index (χ1) is 8.29. The largest absolute Gasteiger partial charge is 0.394 e. The summed E-state index contributed by atoms with van der Waals surface area (Å²) in [5.41, 5.74) is 6.90. The highest BCUT2D eigenvalue weighted by atomic mass is 16.3. The Labute approximate surface area is 103 Å². The van der Waals surface area contributed by atoms with Crippen LogP contribution >= 0.6 is 0 Å².